The smallest absolute Gasteiger partial charge is 0.282 e. The first-order valence-electron chi connectivity index (χ1n) is 12.0. The molecule has 0 radical (unpaired) electrons. The van der Waals surface area contributed by atoms with E-state index in [0.29, 0.717) is 41.0 Å². The number of rotatable bonds is 6. The number of hydrogen-bond donors (Lipinski definition) is 3. The molecule has 5 heterocycles. The van der Waals surface area contributed by atoms with Gasteiger partial charge < -0.3 is 10.6 Å². The third-order valence-corrected chi connectivity index (χ3v) is 9.55. The Labute approximate surface area is 214 Å². The van der Waals surface area contributed by atoms with Crippen LogP contribution in [-0.4, -0.2) is 68.4 Å². The van der Waals surface area contributed by atoms with Crippen LogP contribution in [0.15, 0.2) is 24.3 Å². The minimum atomic E-state index is -3.55. The van der Waals surface area contributed by atoms with E-state index in [1.807, 2.05) is 19.1 Å². The van der Waals surface area contributed by atoms with E-state index in [2.05, 4.69) is 26.9 Å². The van der Waals surface area contributed by atoms with Crippen molar-refractivity contribution in [3.05, 3.63) is 35.0 Å². The van der Waals surface area contributed by atoms with Gasteiger partial charge >= 0.3 is 0 Å². The highest BCUT2D eigenvalue weighted by Gasteiger charge is 2.51. The third kappa shape index (κ3) is 4.16. The van der Waals surface area contributed by atoms with Crippen LogP contribution in [0.2, 0.25) is 5.02 Å². The minimum absolute atomic E-state index is 0.0364. The van der Waals surface area contributed by atoms with Crippen molar-refractivity contribution in [2.75, 3.05) is 23.7 Å². The molecular formula is C23H26ClN9O2S. The standard InChI is InChI=1S/C23H26ClN9O2S/c1-13-6-21(31-30-13)28-22-19-5-2-15(24)7-20(19)27-23(29-22)26-16-8-17-3-4-18(9-16)33(17)36(34,35)32-11-14(10-25)12-32/h2,5-7,14,16-18H,3-4,8-9,11-12H2,1H3,(H3,26,27,28,29,30,31)/t16?,17-,18+. The van der Waals surface area contributed by atoms with Gasteiger partial charge in [0.2, 0.25) is 5.95 Å². The maximum absolute atomic E-state index is 13.2. The molecule has 3 aliphatic rings. The Hall–Kier alpha value is -2.98. The van der Waals surface area contributed by atoms with Crippen LogP contribution in [0, 0.1) is 24.2 Å². The number of aromatic nitrogens is 4. The second-order valence-electron chi connectivity index (χ2n) is 9.80. The van der Waals surface area contributed by atoms with Crippen molar-refractivity contribution < 1.29 is 8.42 Å². The Morgan fingerprint density at radius 1 is 1.17 bits per heavy atom. The van der Waals surface area contributed by atoms with Gasteiger partial charge in [0.1, 0.15) is 5.82 Å². The molecule has 2 aromatic heterocycles. The second-order valence-corrected chi connectivity index (χ2v) is 12.1. The van der Waals surface area contributed by atoms with Crippen LogP contribution >= 0.6 is 11.6 Å². The number of halogens is 1. The van der Waals surface area contributed by atoms with E-state index < -0.39 is 10.2 Å². The Morgan fingerprint density at radius 2 is 1.92 bits per heavy atom. The van der Waals surface area contributed by atoms with E-state index in [1.54, 1.807) is 16.4 Å². The molecule has 13 heteroatoms. The molecule has 2 bridgehead atoms. The average Bonchev–Trinajstić information content (AvgIpc) is 3.33. The lowest BCUT2D eigenvalue weighted by Crippen LogP contribution is -2.59. The van der Waals surface area contributed by atoms with Crippen molar-refractivity contribution in [1.29, 1.82) is 5.26 Å². The topological polar surface area (TPSA) is 143 Å². The summed E-state index contributed by atoms with van der Waals surface area (Å²) >= 11 is 6.24. The fraction of sp³-hybridized carbons (Fsp3) is 0.478. The molecule has 1 unspecified atom stereocenters. The molecule has 0 saturated carbocycles. The number of piperidine rings is 1. The number of nitriles is 1. The summed E-state index contributed by atoms with van der Waals surface area (Å²) in [5.74, 6) is 1.51. The molecule has 3 fully saturated rings. The maximum atomic E-state index is 13.2. The van der Waals surface area contributed by atoms with Gasteiger partial charge in [-0.05, 0) is 50.8 Å². The van der Waals surface area contributed by atoms with Gasteiger partial charge in [0.25, 0.3) is 10.2 Å². The van der Waals surface area contributed by atoms with E-state index in [0.717, 1.165) is 23.9 Å². The van der Waals surface area contributed by atoms with Gasteiger partial charge in [-0.3, -0.25) is 5.10 Å². The molecule has 0 spiro atoms. The number of aryl methyl sites for hydroxylation is 1. The van der Waals surface area contributed by atoms with E-state index >= 15 is 0 Å². The number of H-pyrrole nitrogens is 1. The predicted octanol–water partition coefficient (Wildman–Crippen LogP) is 3.17. The molecule has 3 atom stereocenters. The second kappa shape index (κ2) is 8.85. The Bertz CT molecular complexity index is 1450. The lowest BCUT2D eigenvalue weighted by Gasteiger charge is -2.43. The molecule has 3 aliphatic heterocycles. The SMILES string of the molecule is Cc1cc(Nc2nc(NC3C[C@H]4CC[C@@H](C3)N4S(=O)(=O)N3CC(C#N)C3)nc3cc(Cl)ccc23)n[nH]1. The number of aromatic amines is 1. The van der Waals surface area contributed by atoms with E-state index in [1.165, 1.54) is 4.31 Å². The third-order valence-electron chi connectivity index (χ3n) is 7.23. The summed E-state index contributed by atoms with van der Waals surface area (Å²) in [5.41, 5.74) is 1.62. The van der Waals surface area contributed by atoms with Crippen LogP contribution in [0.4, 0.5) is 17.6 Å². The Morgan fingerprint density at radius 3 is 2.58 bits per heavy atom. The molecular weight excluding hydrogens is 502 g/mol. The number of fused-ring (bicyclic) bond motifs is 3. The molecule has 3 saturated heterocycles. The number of nitrogens with one attached hydrogen (secondary N) is 3. The van der Waals surface area contributed by atoms with Gasteiger partial charge in [0.05, 0.1) is 17.5 Å². The fourth-order valence-electron chi connectivity index (χ4n) is 5.52. The minimum Gasteiger partial charge on any atom is -0.351 e. The van der Waals surface area contributed by atoms with E-state index in [4.69, 9.17) is 26.8 Å². The zero-order valence-electron chi connectivity index (χ0n) is 19.6. The summed E-state index contributed by atoms with van der Waals surface area (Å²) < 4.78 is 29.6. The molecule has 36 heavy (non-hydrogen) atoms. The lowest BCUT2D eigenvalue weighted by atomic mass is 10.00. The largest absolute Gasteiger partial charge is 0.351 e. The zero-order chi connectivity index (χ0) is 25.0. The Balaban J connectivity index is 1.23. The van der Waals surface area contributed by atoms with Gasteiger partial charge in [-0.25, -0.2) is 4.98 Å². The fourth-order valence-corrected chi connectivity index (χ4v) is 7.82. The van der Waals surface area contributed by atoms with Gasteiger partial charge in [0, 0.05) is 53.4 Å². The molecule has 1 aromatic carbocycles. The van der Waals surface area contributed by atoms with Crippen molar-refractivity contribution in [2.45, 2.75) is 50.7 Å². The monoisotopic (exact) mass is 527 g/mol. The highest BCUT2D eigenvalue weighted by atomic mass is 35.5. The average molecular weight is 528 g/mol. The summed E-state index contributed by atoms with van der Waals surface area (Å²) in [5, 5.41) is 24.3. The summed E-state index contributed by atoms with van der Waals surface area (Å²) in [4.78, 5) is 9.43. The molecule has 11 nitrogen and oxygen atoms in total. The zero-order valence-corrected chi connectivity index (χ0v) is 21.2. The van der Waals surface area contributed by atoms with E-state index in [-0.39, 0.29) is 37.1 Å². The summed E-state index contributed by atoms with van der Waals surface area (Å²) in [6.45, 7) is 2.50. The Kier molecular flexibility index (Phi) is 5.75. The normalized spacial score (nSPS) is 25.0. The number of anilines is 3. The van der Waals surface area contributed by atoms with Crippen molar-refractivity contribution in [3.63, 3.8) is 0 Å². The first-order chi connectivity index (χ1) is 17.3. The van der Waals surface area contributed by atoms with Crippen molar-refractivity contribution in [1.82, 2.24) is 28.8 Å². The predicted molar refractivity (Wildman–Crippen MR) is 136 cm³/mol. The number of nitrogens with zero attached hydrogens (tertiary/aromatic N) is 6. The summed E-state index contributed by atoms with van der Waals surface area (Å²) in [6.07, 6.45) is 3.00. The maximum Gasteiger partial charge on any atom is 0.282 e. The molecule has 6 rings (SSSR count). The molecule has 3 N–H and O–H groups in total. The van der Waals surface area contributed by atoms with Gasteiger partial charge in [0.15, 0.2) is 5.82 Å². The highest BCUT2D eigenvalue weighted by molar-refractivity contribution is 7.86. The lowest BCUT2D eigenvalue weighted by molar-refractivity contribution is 0.182. The van der Waals surface area contributed by atoms with Crippen LogP contribution in [0.25, 0.3) is 10.9 Å². The first kappa shape index (κ1) is 23.4. The van der Waals surface area contributed by atoms with Crippen LogP contribution in [-0.2, 0) is 10.2 Å². The van der Waals surface area contributed by atoms with Gasteiger partial charge in [-0.1, -0.05) is 11.6 Å². The van der Waals surface area contributed by atoms with Crippen LogP contribution < -0.4 is 10.6 Å². The van der Waals surface area contributed by atoms with Crippen LogP contribution in [0.5, 0.6) is 0 Å². The van der Waals surface area contributed by atoms with Crippen molar-refractivity contribution in [3.8, 4) is 6.07 Å². The van der Waals surface area contributed by atoms with Crippen LogP contribution in [0.3, 0.4) is 0 Å². The van der Waals surface area contributed by atoms with E-state index in [9.17, 15) is 8.42 Å². The van der Waals surface area contributed by atoms with Crippen LogP contribution in [0.1, 0.15) is 31.4 Å². The number of hydrogen-bond acceptors (Lipinski definition) is 8. The quantitative estimate of drug-likeness (QED) is 0.443. The summed E-state index contributed by atoms with van der Waals surface area (Å²) in [6, 6.07) is 9.39. The van der Waals surface area contributed by atoms with Gasteiger partial charge in [-0.2, -0.15) is 32.4 Å². The van der Waals surface area contributed by atoms with Crippen molar-refractivity contribution in [2.24, 2.45) is 5.92 Å². The first-order valence-corrected chi connectivity index (χ1v) is 13.8. The van der Waals surface area contributed by atoms with Gasteiger partial charge in [-0.15, -0.1) is 0 Å². The molecule has 3 aromatic rings. The molecule has 0 aliphatic carbocycles. The molecule has 188 valence electrons. The molecule has 0 amide bonds. The summed E-state index contributed by atoms with van der Waals surface area (Å²) in [7, 11) is -3.55. The number of benzene rings is 1. The highest BCUT2D eigenvalue weighted by Crippen LogP contribution is 2.41. The van der Waals surface area contributed by atoms with Crippen molar-refractivity contribution >= 4 is 50.3 Å².